The summed E-state index contributed by atoms with van der Waals surface area (Å²) in [5, 5.41) is 2.61. The van der Waals surface area contributed by atoms with Gasteiger partial charge in [0.1, 0.15) is 23.9 Å². The Kier molecular flexibility index (Phi) is 6.68. The third kappa shape index (κ3) is 6.05. The molecule has 30 heavy (non-hydrogen) atoms. The van der Waals surface area contributed by atoms with Gasteiger partial charge in [-0.25, -0.2) is 12.8 Å². The van der Waals surface area contributed by atoms with Gasteiger partial charge in [0.2, 0.25) is 15.9 Å². The van der Waals surface area contributed by atoms with E-state index in [0.29, 0.717) is 22.7 Å². The summed E-state index contributed by atoms with van der Waals surface area (Å²) in [6, 6.07) is 21.4. The predicted octanol–water partition coefficient (Wildman–Crippen LogP) is 3.70. The number of amides is 1. The number of rotatable bonds is 8. The van der Waals surface area contributed by atoms with E-state index in [2.05, 4.69) is 5.32 Å². The van der Waals surface area contributed by atoms with Gasteiger partial charge in [-0.15, -0.1) is 0 Å². The van der Waals surface area contributed by atoms with Gasteiger partial charge in [-0.2, -0.15) is 0 Å². The van der Waals surface area contributed by atoms with E-state index in [1.54, 1.807) is 48.5 Å². The summed E-state index contributed by atoms with van der Waals surface area (Å²) in [7, 11) is -3.70. The largest absolute Gasteiger partial charge is 0.457 e. The zero-order valence-corrected chi connectivity index (χ0v) is 17.1. The fourth-order valence-electron chi connectivity index (χ4n) is 2.74. The first kappa shape index (κ1) is 21.3. The van der Waals surface area contributed by atoms with Crippen LogP contribution in [0.1, 0.15) is 5.56 Å². The van der Waals surface area contributed by atoms with E-state index in [1.807, 2.05) is 18.2 Å². The molecule has 0 fully saturated rings. The van der Waals surface area contributed by atoms with Crippen LogP contribution in [0.4, 0.5) is 10.1 Å². The average Bonchev–Trinajstić information content (AvgIpc) is 2.71. The maximum absolute atomic E-state index is 13.2. The lowest BCUT2D eigenvalue weighted by molar-refractivity contribution is -0.119. The molecule has 0 saturated carbocycles. The van der Waals surface area contributed by atoms with Crippen molar-refractivity contribution < 1.29 is 22.3 Å². The van der Waals surface area contributed by atoms with E-state index in [-0.39, 0.29) is 6.54 Å². The molecule has 8 heteroatoms. The number of carbonyl (C=O) groups excluding carboxylic acids is 1. The maximum Gasteiger partial charge on any atom is 0.241 e. The minimum Gasteiger partial charge on any atom is -0.457 e. The molecule has 0 unspecified atom stereocenters. The van der Waals surface area contributed by atoms with E-state index in [9.17, 15) is 17.6 Å². The van der Waals surface area contributed by atoms with Crippen molar-refractivity contribution in [1.29, 1.82) is 0 Å². The molecule has 1 N–H and O–H groups in total. The van der Waals surface area contributed by atoms with Crippen molar-refractivity contribution in [1.82, 2.24) is 5.32 Å². The van der Waals surface area contributed by atoms with Gasteiger partial charge in [-0.1, -0.05) is 30.3 Å². The van der Waals surface area contributed by atoms with Crippen LogP contribution in [0.3, 0.4) is 0 Å². The highest BCUT2D eigenvalue weighted by Crippen LogP contribution is 2.25. The zero-order valence-electron chi connectivity index (χ0n) is 16.3. The lowest BCUT2D eigenvalue weighted by Gasteiger charge is -2.22. The Morgan fingerprint density at radius 3 is 2.27 bits per heavy atom. The molecule has 0 aromatic heterocycles. The van der Waals surface area contributed by atoms with Crippen molar-refractivity contribution in [3.63, 3.8) is 0 Å². The third-order valence-electron chi connectivity index (χ3n) is 4.17. The standard InChI is InChI=1S/C22H21FN2O4S/c1-30(27,28)25(16-22(26)24-15-17-6-5-7-18(23)14-17)19-10-12-21(13-11-19)29-20-8-3-2-4-9-20/h2-14H,15-16H2,1H3,(H,24,26). The van der Waals surface area contributed by atoms with Gasteiger partial charge < -0.3 is 10.1 Å². The van der Waals surface area contributed by atoms with Gasteiger partial charge in [-0.3, -0.25) is 9.10 Å². The van der Waals surface area contributed by atoms with Gasteiger partial charge >= 0.3 is 0 Å². The molecule has 3 rings (SSSR count). The van der Waals surface area contributed by atoms with E-state index in [1.165, 1.54) is 12.1 Å². The second-order valence-electron chi connectivity index (χ2n) is 6.59. The predicted molar refractivity (Wildman–Crippen MR) is 113 cm³/mol. The number of benzene rings is 3. The normalized spacial score (nSPS) is 11.0. The average molecular weight is 428 g/mol. The summed E-state index contributed by atoms with van der Waals surface area (Å²) < 4.78 is 44.4. The van der Waals surface area contributed by atoms with Crippen molar-refractivity contribution in [3.05, 3.63) is 90.2 Å². The molecule has 0 aliphatic heterocycles. The molecule has 1 amide bonds. The van der Waals surface area contributed by atoms with Crippen molar-refractivity contribution in [2.45, 2.75) is 6.54 Å². The number of carbonyl (C=O) groups is 1. The summed E-state index contributed by atoms with van der Waals surface area (Å²) in [5.41, 5.74) is 0.912. The molecule has 3 aromatic carbocycles. The summed E-state index contributed by atoms with van der Waals surface area (Å²) in [4.78, 5) is 12.3. The van der Waals surface area contributed by atoms with Crippen LogP contribution >= 0.6 is 0 Å². The van der Waals surface area contributed by atoms with Crippen LogP contribution in [0.25, 0.3) is 0 Å². The van der Waals surface area contributed by atoms with Crippen LogP contribution in [0.2, 0.25) is 0 Å². The first-order valence-electron chi connectivity index (χ1n) is 9.13. The topological polar surface area (TPSA) is 75.7 Å². The lowest BCUT2D eigenvalue weighted by Crippen LogP contribution is -2.40. The number of nitrogens with one attached hydrogen (secondary N) is 1. The molecule has 0 radical (unpaired) electrons. The van der Waals surface area contributed by atoms with E-state index >= 15 is 0 Å². The second-order valence-corrected chi connectivity index (χ2v) is 8.49. The monoisotopic (exact) mass is 428 g/mol. The minimum atomic E-state index is -3.70. The van der Waals surface area contributed by atoms with Crippen molar-refractivity contribution in [3.8, 4) is 11.5 Å². The van der Waals surface area contributed by atoms with Crippen LogP contribution in [0.5, 0.6) is 11.5 Å². The first-order valence-corrected chi connectivity index (χ1v) is 11.0. The van der Waals surface area contributed by atoms with E-state index in [0.717, 1.165) is 10.6 Å². The Hall–Kier alpha value is -3.39. The molecule has 156 valence electrons. The smallest absolute Gasteiger partial charge is 0.241 e. The highest BCUT2D eigenvalue weighted by molar-refractivity contribution is 7.92. The number of hydrogen-bond acceptors (Lipinski definition) is 4. The van der Waals surface area contributed by atoms with Gasteiger partial charge in [0.25, 0.3) is 0 Å². The molecular formula is C22H21FN2O4S. The second kappa shape index (κ2) is 9.41. The fraction of sp³-hybridized carbons (Fsp3) is 0.136. The SMILES string of the molecule is CS(=O)(=O)N(CC(=O)NCc1cccc(F)c1)c1ccc(Oc2ccccc2)cc1. The maximum atomic E-state index is 13.2. The van der Waals surface area contributed by atoms with E-state index < -0.39 is 28.3 Å². The Bertz CT molecular complexity index is 1100. The van der Waals surface area contributed by atoms with E-state index in [4.69, 9.17) is 4.74 Å². The van der Waals surface area contributed by atoms with Crippen molar-refractivity contribution in [2.24, 2.45) is 0 Å². The lowest BCUT2D eigenvalue weighted by atomic mass is 10.2. The fourth-order valence-corrected chi connectivity index (χ4v) is 3.60. The molecular weight excluding hydrogens is 407 g/mol. The Balaban J connectivity index is 1.67. The number of anilines is 1. The molecule has 0 saturated heterocycles. The molecule has 6 nitrogen and oxygen atoms in total. The molecule has 0 spiro atoms. The van der Waals surface area contributed by atoms with Gasteiger partial charge in [0.15, 0.2) is 0 Å². The summed E-state index contributed by atoms with van der Waals surface area (Å²) in [6.07, 6.45) is 1.03. The molecule has 0 aliphatic rings. The number of hydrogen-bond donors (Lipinski definition) is 1. The highest BCUT2D eigenvalue weighted by Gasteiger charge is 2.21. The number of nitrogens with zero attached hydrogens (tertiary/aromatic N) is 1. The van der Waals surface area contributed by atoms with Gasteiger partial charge in [0, 0.05) is 6.54 Å². The summed E-state index contributed by atoms with van der Waals surface area (Å²) in [5.74, 6) is 0.280. The van der Waals surface area contributed by atoms with Crippen LogP contribution in [0, 0.1) is 5.82 Å². The number of halogens is 1. The quantitative estimate of drug-likeness (QED) is 0.594. The summed E-state index contributed by atoms with van der Waals surface area (Å²) in [6.45, 7) is -0.301. The number of para-hydroxylation sites is 1. The summed E-state index contributed by atoms with van der Waals surface area (Å²) >= 11 is 0. The number of ether oxygens (including phenoxy) is 1. The van der Waals surface area contributed by atoms with Crippen LogP contribution < -0.4 is 14.4 Å². The van der Waals surface area contributed by atoms with Crippen LogP contribution in [0.15, 0.2) is 78.9 Å². The molecule has 0 bridgehead atoms. The Morgan fingerprint density at radius 1 is 0.967 bits per heavy atom. The third-order valence-corrected chi connectivity index (χ3v) is 5.31. The Morgan fingerprint density at radius 2 is 1.63 bits per heavy atom. The minimum absolute atomic E-state index is 0.0953. The van der Waals surface area contributed by atoms with Gasteiger partial charge in [-0.05, 0) is 54.1 Å². The first-order chi connectivity index (χ1) is 14.3. The molecule has 0 atom stereocenters. The Labute approximate surface area is 175 Å². The zero-order chi connectivity index (χ0) is 21.6. The number of sulfonamides is 1. The van der Waals surface area contributed by atoms with Crippen LogP contribution in [-0.4, -0.2) is 27.1 Å². The van der Waals surface area contributed by atoms with Crippen LogP contribution in [-0.2, 0) is 21.4 Å². The molecule has 0 aliphatic carbocycles. The molecule has 3 aromatic rings. The molecule has 0 heterocycles. The van der Waals surface area contributed by atoms with Gasteiger partial charge in [0.05, 0.1) is 11.9 Å². The van der Waals surface area contributed by atoms with Crippen molar-refractivity contribution >= 4 is 21.6 Å². The highest BCUT2D eigenvalue weighted by atomic mass is 32.2. The van der Waals surface area contributed by atoms with Crippen molar-refractivity contribution in [2.75, 3.05) is 17.1 Å².